The lowest BCUT2D eigenvalue weighted by atomic mass is 9.97. The third-order valence-electron chi connectivity index (χ3n) is 5.11. The molecule has 0 radical (unpaired) electrons. The average Bonchev–Trinajstić information content (AvgIpc) is 3.23. The quantitative estimate of drug-likeness (QED) is 0.546. The van der Waals surface area contributed by atoms with Gasteiger partial charge in [-0.2, -0.15) is 0 Å². The van der Waals surface area contributed by atoms with E-state index in [4.69, 9.17) is 4.42 Å². The molecule has 154 valence electrons. The van der Waals surface area contributed by atoms with Gasteiger partial charge in [-0.1, -0.05) is 0 Å². The maximum atomic E-state index is 5.62. The summed E-state index contributed by atoms with van der Waals surface area (Å²) >= 11 is 1.74. The number of likely N-dealkylation sites (tertiary alicyclic amines) is 1. The highest BCUT2D eigenvalue weighted by atomic mass is 32.1. The number of aliphatic imine (C=N–C) groups is 1. The number of piperidine rings is 1. The monoisotopic (exact) mass is 404 g/mol. The number of nitrogens with zero attached hydrogens (tertiary/aromatic N) is 4. The Kier molecular flexibility index (Phi) is 7.44. The molecule has 1 aliphatic rings. The van der Waals surface area contributed by atoms with Crippen LogP contribution in [0, 0.1) is 26.7 Å². The molecule has 0 saturated carbocycles. The van der Waals surface area contributed by atoms with Crippen molar-refractivity contribution >= 4 is 17.3 Å². The van der Waals surface area contributed by atoms with E-state index in [1.54, 1.807) is 11.3 Å². The molecular formula is C20H32N6OS. The predicted molar refractivity (Wildman–Crippen MR) is 114 cm³/mol. The lowest BCUT2D eigenvalue weighted by molar-refractivity contribution is 0.176. The number of hydrogen-bond acceptors (Lipinski definition) is 6. The van der Waals surface area contributed by atoms with Crippen LogP contribution in [-0.4, -0.2) is 47.0 Å². The van der Waals surface area contributed by atoms with Gasteiger partial charge < -0.3 is 15.1 Å². The van der Waals surface area contributed by atoms with Crippen molar-refractivity contribution < 1.29 is 4.42 Å². The van der Waals surface area contributed by atoms with Gasteiger partial charge in [-0.3, -0.25) is 4.90 Å². The van der Waals surface area contributed by atoms with E-state index in [2.05, 4.69) is 49.7 Å². The van der Waals surface area contributed by atoms with Gasteiger partial charge in [0.15, 0.2) is 5.96 Å². The molecule has 3 rings (SSSR count). The molecule has 0 aromatic carbocycles. The summed E-state index contributed by atoms with van der Waals surface area (Å²) in [6.07, 6.45) is 2.40. The van der Waals surface area contributed by atoms with Crippen LogP contribution >= 0.6 is 11.3 Å². The van der Waals surface area contributed by atoms with Gasteiger partial charge in [-0.25, -0.2) is 15.0 Å². The molecular weight excluding hydrogens is 372 g/mol. The first-order chi connectivity index (χ1) is 13.5. The van der Waals surface area contributed by atoms with Crippen molar-refractivity contribution in [3.63, 3.8) is 0 Å². The van der Waals surface area contributed by atoms with E-state index in [9.17, 15) is 0 Å². The van der Waals surface area contributed by atoms with Crippen molar-refractivity contribution in [2.24, 2.45) is 10.9 Å². The number of aryl methyl sites for hydroxylation is 3. The van der Waals surface area contributed by atoms with E-state index < -0.39 is 0 Å². The molecule has 7 nitrogen and oxygen atoms in total. The molecule has 1 aliphatic heterocycles. The van der Waals surface area contributed by atoms with Gasteiger partial charge >= 0.3 is 0 Å². The Labute approximate surface area is 171 Å². The number of guanidine groups is 1. The molecule has 0 atom stereocenters. The molecule has 3 heterocycles. The van der Waals surface area contributed by atoms with Gasteiger partial charge in [-0.15, -0.1) is 11.3 Å². The molecule has 0 aliphatic carbocycles. The van der Waals surface area contributed by atoms with Gasteiger partial charge in [0.1, 0.15) is 12.3 Å². The summed E-state index contributed by atoms with van der Waals surface area (Å²) in [5.74, 6) is 3.03. The zero-order valence-corrected chi connectivity index (χ0v) is 18.2. The standard InChI is InChI=1S/C20H32N6OS/c1-5-21-20(23-11-19-24-14(2)15(3)27-19)22-10-17-6-8-26(9-7-17)12-18-13-28-16(4)25-18/h13,17H,5-12H2,1-4H3,(H2,21,22,23). The molecule has 2 aromatic rings. The zero-order valence-electron chi connectivity index (χ0n) is 17.4. The van der Waals surface area contributed by atoms with Crippen LogP contribution in [0.1, 0.15) is 47.8 Å². The number of nitrogens with one attached hydrogen (secondary N) is 2. The Hall–Kier alpha value is -1.93. The summed E-state index contributed by atoms with van der Waals surface area (Å²) in [7, 11) is 0. The summed E-state index contributed by atoms with van der Waals surface area (Å²) < 4.78 is 5.62. The van der Waals surface area contributed by atoms with Crippen LogP contribution in [0.5, 0.6) is 0 Å². The number of hydrogen-bond donors (Lipinski definition) is 2. The molecule has 0 spiro atoms. The van der Waals surface area contributed by atoms with Crippen LogP contribution in [-0.2, 0) is 13.1 Å². The normalized spacial score (nSPS) is 16.5. The Morgan fingerprint density at radius 2 is 2.04 bits per heavy atom. The number of rotatable bonds is 7. The summed E-state index contributed by atoms with van der Waals surface area (Å²) in [5, 5.41) is 10.1. The second-order valence-electron chi connectivity index (χ2n) is 7.40. The first-order valence-corrected chi connectivity index (χ1v) is 11.0. The number of thiazole rings is 1. The predicted octanol–water partition coefficient (Wildman–Crippen LogP) is 3.02. The van der Waals surface area contributed by atoms with Crippen LogP contribution < -0.4 is 10.6 Å². The molecule has 1 fully saturated rings. The minimum Gasteiger partial charge on any atom is -0.444 e. The van der Waals surface area contributed by atoms with Gasteiger partial charge in [0.05, 0.1) is 16.4 Å². The van der Waals surface area contributed by atoms with Gasteiger partial charge in [0.2, 0.25) is 5.89 Å². The fourth-order valence-corrected chi connectivity index (χ4v) is 4.00. The lowest BCUT2D eigenvalue weighted by Gasteiger charge is -2.31. The van der Waals surface area contributed by atoms with E-state index in [1.807, 2.05) is 13.8 Å². The second-order valence-corrected chi connectivity index (χ2v) is 8.46. The van der Waals surface area contributed by atoms with Crippen molar-refractivity contribution in [3.8, 4) is 0 Å². The molecule has 1 saturated heterocycles. The van der Waals surface area contributed by atoms with E-state index in [-0.39, 0.29) is 0 Å². The Bertz CT molecular complexity index is 756. The van der Waals surface area contributed by atoms with Crippen LogP contribution in [0.15, 0.2) is 14.8 Å². The zero-order chi connectivity index (χ0) is 19.9. The molecule has 8 heteroatoms. The molecule has 28 heavy (non-hydrogen) atoms. The fourth-order valence-electron chi connectivity index (χ4n) is 3.39. The first-order valence-electron chi connectivity index (χ1n) is 10.1. The number of aromatic nitrogens is 2. The highest BCUT2D eigenvalue weighted by Crippen LogP contribution is 2.19. The first kappa shape index (κ1) is 20.8. The van der Waals surface area contributed by atoms with E-state index in [0.29, 0.717) is 18.4 Å². The van der Waals surface area contributed by atoms with Crippen LogP contribution in [0.2, 0.25) is 0 Å². The van der Waals surface area contributed by atoms with Gasteiger partial charge in [0, 0.05) is 25.0 Å². The van der Waals surface area contributed by atoms with Crippen molar-refractivity contribution in [1.82, 2.24) is 25.5 Å². The minimum atomic E-state index is 0.454. The highest BCUT2D eigenvalue weighted by Gasteiger charge is 2.20. The average molecular weight is 405 g/mol. The van der Waals surface area contributed by atoms with Crippen molar-refractivity contribution in [2.45, 2.75) is 53.6 Å². The maximum absolute atomic E-state index is 5.62. The van der Waals surface area contributed by atoms with Gasteiger partial charge in [-0.05, 0) is 59.5 Å². The SMILES string of the molecule is CCNC(=NCc1nc(C)c(C)o1)NCC1CCN(Cc2csc(C)n2)CC1. The van der Waals surface area contributed by atoms with Crippen molar-refractivity contribution in [3.05, 3.63) is 33.4 Å². The number of oxazole rings is 1. The third kappa shape index (κ3) is 6.04. The molecule has 0 bridgehead atoms. The van der Waals surface area contributed by atoms with Crippen LogP contribution in [0.3, 0.4) is 0 Å². The second kappa shape index (κ2) is 10.0. The van der Waals surface area contributed by atoms with Crippen molar-refractivity contribution in [2.75, 3.05) is 26.2 Å². The van der Waals surface area contributed by atoms with E-state index >= 15 is 0 Å². The molecule has 2 N–H and O–H groups in total. The summed E-state index contributed by atoms with van der Waals surface area (Å²) in [5.41, 5.74) is 2.14. The summed E-state index contributed by atoms with van der Waals surface area (Å²) in [6, 6.07) is 0. The van der Waals surface area contributed by atoms with E-state index in [0.717, 1.165) is 55.1 Å². The topological polar surface area (TPSA) is 78.6 Å². The molecule has 0 amide bonds. The Morgan fingerprint density at radius 3 is 2.64 bits per heavy atom. The Morgan fingerprint density at radius 1 is 1.25 bits per heavy atom. The van der Waals surface area contributed by atoms with Crippen molar-refractivity contribution in [1.29, 1.82) is 0 Å². The molecule has 2 aromatic heterocycles. The summed E-state index contributed by atoms with van der Waals surface area (Å²) in [4.78, 5) is 16.1. The summed E-state index contributed by atoms with van der Waals surface area (Å²) in [6.45, 7) is 13.5. The fraction of sp³-hybridized carbons (Fsp3) is 0.650. The third-order valence-corrected chi connectivity index (χ3v) is 5.93. The maximum Gasteiger partial charge on any atom is 0.216 e. The highest BCUT2D eigenvalue weighted by molar-refractivity contribution is 7.09. The minimum absolute atomic E-state index is 0.454. The Balaban J connectivity index is 1.43. The molecule has 0 unspecified atom stereocenters. The van der Waals surface area contributed by atoms with Gasteiger partial charge in [0.25, 0.3) is 0 Å². The largest absolute Gasteiger partial charge is 0.444 e. The van der Waals surface area contributed by atoms with E-state index in [1.165, 1.54) is 18.5 Å². The lowest BCUT2D eigenvalue weighted by Crippen LogP contribution is -2.42. The van der Waals surface area contributed by atoms with Crippen LogP contribution in [0.4, 0.5) is 0 Å². The van der Waals surface area contributed by atoms with Crippen LogP contribution in [0.25, 0.3) is 0 Å². The smallest absolute Gasteiger partial charge is 0.216 e.